The van der Waals surface area contributed by atoms with Crippen LogP contribution in [0.4, 0.5) is 4.79 Å². The van der Waals surface area contributed by atoms with Crippen LogP contribution < -0.4 is 19.5 Å². The third-order valence-electron chi connectivity index (χ3n) is 3.84. The molecule has 0 fully saturated rings. The van der Waals surface area contributed by atoms with Gasteiger partial charge in [-0.15, -0.1) is 0 Å². The standard InChI is InChI=1S/C19H24N2O4/c1-21(13-14-9-10-17(24-3)18(11-14)25-4)19(22)20-12-15-7-5-6-8-16(15)23-2/h5-11H,12-13H2,1-4H3,(H,20,22). The highest BCUT2D eigenvalue weighted by Gasteiger charge is 2.12. The molecule has 2 aromatic rings. The molecule has 0 saturated carbocycles. The molecule has 0 heterocycles. The summed E-state index contributed by atoms with van der Waals surface area (Å²) < 4.78 is 15.8. The van der Waals surface area contributed by atoms with Gasteiger partial charge in [-0.3, -0.25) is 0 Å². The number of nitrogens with zero attached hydrogens (tertiary/aromatic N) is 1. The zero-order chi connectivity index (χ0) is 18.2. The Morgan fingerprint density at radius 2 is 1.64 bits per heavy atom. The molecule has 25 heavy (non-hydrogen) atoms. The molecule has 0 aromatic heterocycles. The van der Waals surface area contributed by atoms with Crippen molar-refractivity contribution in [2.24, 2.45) is 0 Å². The number of amides is 2. The molecular weight excluding hydrogens is 320 g/mol. The molecule has 2 rings (SSSR count). The van der Waals surface area contributed by atoms with Crippen LogP contribution >= 0.6 is 0 Å². The van der Waals surface area contributed by atoms with E-state index in [1.165, 1.54) is 0 Å². The lowest BCUT2D eigenvalue weighted by Crippen LogP contribution is -2.36. The summed E-state index contributed by atoms with van der Waals surface area (Å²) in [6, 6.07) is 13.0. The van der Waals surface area contributed by atoms with Crippen molar-refractivity contribution in [3.63, 3.8) is 0 Å². The number of methoxy groups -OCH3 is 3. The van der Waals surface area contributed by atoms with E-state index in [4.69, 9.17) is 14.2 Å². The summed E-state index contributed by atoms with van der Waals surface area (Å²) in [5, 5.41) is 2.90. The molecule has 2 amide bonds. The smallest absolute Gasteiger partial charge is 0.317 e. The van der Waals surface area contributed by atoms with Gasteiger partial charge >= 0.3 is 6.03 Å². The molecule has 0 unspecified atom stereocenters. The minimum Gasteiger partial charge on any atom is -0.496 e. The van der Waals surface area contributed by atoms with E-state index in [-0.39, 0.29) is 6.03 Å². The first-order valence-electron chi connectivity index (χ1n) is 7.90. The average molecular weight is 344 g/mol. The van der Waals surface area contributed by atoms with Crippen molar-refractivity contribution in [3.8, 4) is 17.2 Å². The SMILES string of the molecule is COc1ccccc1CNC(=O)N(C)Cc1ccc(OC)c(OC)c1. The second-order valence-corrected chi connectivity index (χ2v) is 5.52. The Labute approximate surface area is 148 Å². The lowest BCUT2D eigenvalue weighted by Gasteiger charge is -2.19. The number of ether oxygens (including phenoxy) is 3. The maximum absolute atomic E-state index is 12.3. The largest absolute Gasteiger partial charge is 0.496 e. The number of hydrogen-bond acceptors (Lipinski definition) is 4. The van der Waals surface area contributed by atoms with E-state index >= 15 is 0 Å². The van der Waals surface area contributed by atoms with Crippen molar-refractivity contribution in [3.05, 3.63) is 53.6 Å². The Balaban J connectivity index is 1.96. The molecule has 0 radical (unpaired) electrons. The first-order valence-corrected chi connectivity index (χ1v) is 7.90. The Kier molecular flexibility index (Phi) is 6.51. The maximum atomic E-state index is 12.3. The Bertz CT molecular complexity index is 718. The van der Waals surface area contributed by atoms with Gasteiger partial charge < -0.3 is 24.4 Å². The van der Waals surface area contributed by atoms with Gasteiger partial charge in [-0.25, -0.2) is 4.79 Å². The van der Waals surface area contributed by atoms with Crippen LogP contribution in [0.2, 0.25) is 0 Å². The van der Waals surface area contributed by atoms with Crippen LogP contribution in [0.3, 0.4) is 0 Å². The molecule has 1 N–H and O–H groups in total. The zero-order valence-corrected chi connectivity index (χ0v) is 15.0. The Hall–Kier alpha value is -2.89. The Morgan fingerprint density at radius 3 is 2.32 bits per heavy atom. The van der Waals surface area contributed by atoms with Gasteiger partial charge in [-0.05, 0) is 23.8 Å². The van der Waals surface area contributed by atoms with Crippen molar-refractivity contribution in [2.75, 3.05) is 28.4 Å². The first kappa shape index (κ1) is 18.4. The van der Waals surface area contributed by atoms with E-state index in [2.05, 4.69) is 5.32 Å². The predicted octanol–water partition coefficient (Wildman–Crippen LogP) is 3.05. The zero-order valence-electron chi connectivity index (χ0n) is 15.0. The summed E-state index contributed by atoms with van der Waals surface area (Å²) in [5.41, 5.74) is 1.88. The second kappa shape index (κ2) is 8.82. The van der Waals surface area contributed by atoms with Crippen LogP contribution in [0.1, 0.15) is 11.1 Å². The fourth-order valence-corrected chi connectivity index (χ4v) is 2.48. The molecule has 0 aliphatic carbocycles. The minimum absolute atomic E-state index is 0.166. The number of urea groups is 1. The maximum Gasteiger partial charge on any atom is 0.317 e. The number of carbonyl (C=O) groups is 1. The van der Waals surface area contributed by atoms with Crippen molar-refractivity contribution in [2.45, 2.75) is 13.1 Å². The van der Waals surface area contributed by atoms with E-state index in [0.717, 1.165) is 16.9 Å². The summed E-state index contributed by atoms with van der Waals surface area (Å²) in [4.78, 5) is 13.9. The van der Waals surface area contributed by atoms with Gasteiger partial charge in [0.25, 0.3) is 0 Å². The van der Waals surface area contributed by atoms with Crippen LogP contribution in [0.25, 0.3) is 0 Å². The number of para-hydroxylation sites is 1. The van der Waals surface area contributed by atoms with Gasteiger partial charge in [0.05, 0.1) is 21.3 Å². The summed E-state index contributed by atoms with van der Waals surface area (Å²) >= 11 is 0. The van der Waals surface area contributed by atoms with Gasteiger partial charge in [0.15, 0.2) is 11.5 Å². The lowest BCUT2D eigenvalue weighted by atomic mass is 10.2. The fourth-order valence-electron chi connectivity index (χ4n) is 2.48. The van der Waals surface area contributed by atoms with Crippen molar-refractivity contribution < 1.29 is 19.0 Å². The van der Waals surface area contributed by atoms with Crippen LogP contribution in [-0.2, 0) is 13.1 Å². The molecule has 6 heteroatoms. The van der Waals surface area contributed by atoms with Gasteiger partial charge in [-0.1, -0.05) is 24.3 Å². The number of hydrogen-bond donors (Lipinski definition) is 1. The highest BCUT2D eigenvalue weighted by atomic mass is 16.5. The number of rotatable bonds is 7. The third kappa shape index (κ3) is 4.79. The van der Waals surface area contributed by atoms with Crippen LogP contribution in [0.15, 0.2) is 42.5 Å². The summed E-state index contributed by atoms with van der Waals surface area (Å²) in [6.45, 7) is 0.858. The highest BCUT2D eigenvalue weighted by molar-refractivity contribution is 5.74. The van der Waals surface area contributed by atoms with E-state index in [1.54, 1.807) is 33.3 Å². The molecule has 0 saturated heterocycles. The molecule has 0 bridgehead atoms. The number of benzene rings is 2. The van der Waals surface area contributed by atoms with Gasteiger partial charge in [-0.2, -0.15) is 0 Å². The molecule has 0 aliphatic rings. The minimum atomic E-state index is -0.166. The molecule has 0 aliphatic heterocycles. The average Bonchev–Trinajstić information content (AvgIpc) is 2.65. The summed E-state index contributed by atoms with van der Waals surface area (Å²) in [7, 11) is 6.54. The molecule has 0 spiro atoms. The quantitative estimate of drug-likeness (QED) is 0.839. The molecule has 134 valence electrons. The lowest BCUT2D eigenvalue weighted by molar-refractivity contribution is 0.206. The van der Waals surface area contributed by atoms with Crippen molar-refractivity contribution in [1.82, 2.24) is 10.2 Å². The van der Waals surface area contributed by atoms with Crippen molar-refractivity contribution >= 4 is 6.03 Å². The monoisotopic (exact) mass is 344 g/mol. The van der Waals surface area contributed by atoms with Crippen LogP contribution in [-0.4, -0.2) is 39.3 Å². The van der Waals surface area contributed by atoms with Gasteiger partial charge in [0.2, 0.25) is 0 Å². The van der Waals surface area contributed by atoms with E-state index in [0.29, 0.717) is 24.6 Å². The first-order chi connectivity index (χ1) is 12.1. The van der Waals surface area contributed by atoms with E-state index in [1.807, 2.05) is 42.5 Å². The molecular formula is C19H24N2O4. The van der Waals surface area contributed by atoms with Crippen molar-refractivity contribution in [1.29, 1.82) is 0 Å². The van der Waals surface area contributed by atoms with E-state index in [9.17, 15) is 4.79 Å². The number of carbonyl (C=O) groups excluding carboxylic acids is 1. The van der Waals surface area contributed by atoms with Gasteiger partial charge in [0.1, 0.15) is 5.75 Å². The molecule has 0 atom stereocenters. The summed E-state index contributed by atoms with van der Waals surface area (Å²) in [5.74, 6) is 2.06. The van der Waals surface area contributed by atoms with Crippen LogP contribution in [0.5, 0.6) is 17.2 Å². The van der Waals surface area contributed by atoms with Gasteiger partial charge in [0, 0.05) is 25.7 Å². The van der Waals surface area contributed by atoms with Crippen LogP contribution in [0, 0.1) is 0 Å². The topological polar surface area (TPSA) is 60.0 Å². The summed E-state index contributed by atoms with van der Waals surface area (Å²) in [6.07, 6.45) is 0. The normalized spacial score (nSPS) is 10.1. The number of nitrogens with one attached hydrogen (secondary N) is 1. The highest BCUT2D eigenvalue weighted by Crippen LogP contribution is 2.27. The van der Waals surface area contributed by atoms with E-state index < -0.39 is 0 Å². The third-order valence-corrected chi connectivity index (χ3v) is 3.84. The molecule has 6 nitrogen and oxygen atoms in total. The molecule has 2 aromatic carbocycles. The second-order valence-electron chi connectivity index (χ2n) is 5.52. The predicted molar refractivity (Wildman–Crippen MR) is 96.2 cm³/mol. The fraction of sp³-hybridized carbons (Fsp3) is 0.316. The Morgan fingerprint density at radius 1 is 0.960 bits per heavy atom.